The van der Waals surface area contributed by atoms with Gasteiger partial charge in [0, 0.05) is 17.2 Å². The number of aryl methyl sites for hydroxylation is 1. The Morgan fingerprint density at radius 2 is 1.71 bits per heavy atom. The number of carbonyl (C=O) groups excluding carboxylic acids is 1. The van der Waals surface area contributed by atoms with Crippen LogP contribution in [-0.4, -0.2) is 44.7 Å². The van der Waals surface area contributed by atoms with Gasteiger partial charge in [-0.1, -0.05) is 35.9 Å². The number of nitrogens with one attached hydrogen (secondary N) is 2. The molecule has 0 aliphatic rings. The van der Waals surface area contributed by atoms with Crippen LogP contribution >= 0.6 is 23.5 Å². The molecule has 28 heavy (non-hydrogen) atoms. The molecule has 0 aliphatic carbocycles. The summed E-state index contributed by atoms with van der Waals surface area (Å²) in [6.45, 7) is 2.51. The standard InChI is InChI=1S/C20H26N2O3S3/c1-16-8-10-17(11-9-16)27-15-13-21-20(23)19(12-14-26-2)22-28(24,25)18-6-4-3-5-7-18/h3-11,19,22H,12-15H2,1-2H3,(H,21,23). The molecule has 2 aromatic rings. The normalized spacial score (nSPS) is 12.5. The van der Waals surface area contributed by atoms with Crippen molar-refractivity contribution >= 4 is 39.5 Å². The van der Waals surface area contributed by atoms with Crippen LogP contribution in [0.5, 0.6) is 0 Å². The predicted molar refractivity (Wildman–Crippen MR) is 118 cm³/mol. The average molecular weight is 439 g/mol. The molecule has 0 radical (unpaired) electrons. The highest BCUT2D eigenvalue weighted by Gasteiger charge is 2.25. The number of thioether (sulfide) groups is 2. The molecule has 0 fully saturated rings. The summed E-state index contributed by atoms with van der Waals surface area (Å²) in [6, 6.07) is 15.5. The van der Waals surface area contributed by atoms with E-state index in [1.165, 1.54) is 17.7 Å². The number of hydrogen-bond donors (Lipinski definition) is 2. The molecule has 8 heteroatoms. The van der Waals surface area contributed by atoms with Crippen molar-refractivity contribution in [3.63, 3.8) is 0 Å². The summed E-state index contributed by atoms with van der Waals surface area (Å²) in [5.74, 6) is 1.11. The molecule has 1 amide bonds. The van der Waals surface area contributed by atoms with Gasteiger partial charge in [-0.3, -0.25) is 4.79 Å². The van der Waals surface area contributed by atoms with Gasteiger partial charge < -0.3 is 5.32 Å². The Balaban J connectivity index is 1.90. The van der Waals surface area contributed by atoms with Crippen LogP contribution in [0.25, 0.3) is 0 Å². The largest absolute Gasteiger partial charge is 0.354 e. The minimum absolute atomic E-state index is 0.159. The number of amides is 1. The zero-order chi connectivity index (χ0) is 20.4. The van der Waals surface area contributed by atoms with E-state index in [1.807, 2.05) is 13.2 Å². The van der Waals surface area contributed by atoms with Gasteiger partial charge >= 0.3 is 0 Å². The Bertz CT molecular complexity index is 841. The summed E-state index contributed by atoms with van der Waals surface area (Å²) in [7, 11) is -3.74. The first-order valence-corrected chi connectivity index (χ1v) is 12.8. The van der Waals surface area contributed by atoms with Crippen LogP contribution in [0.3, 0.4) is 0 Å². The van der Waals surface area contributed by atoms with Gasteiger partial charge in [-0.2, -0.15) is 16.5 Å². The van der Waals surface area contributed by atoms with Crippen LogP contribution in [-0.2, 0) is 14.8 Å². The van der Waals surface area contributed by atoms with Crippen molar-refractivity contribution in [3.05, 3.63) is 60.2 Å². The number of benzene rings is 2. The van der Waals surface area contributed by atoms with Crippen LogP contribution < -0.4 is 10.0 Å². The topological polar surface area (TPSA) is 75.3 Å². The lowest BCUT2D eigenvalue weighted by Crippen LogP contribution is -2.47. The smallest absolute Gasteiger partial charge is 0.241 e. The van der Waals surface area contributed by atoms with E-state index in [1.54, 1.807) is 41.7 Å². The Morgan fingerprint density at radius 3 is 2.36 bits per heavy atom. The Kier molecular flexibility index (Phi) is 9.37. The first-order valence-electron chi connectivity index (χ1n) is 8.96. The van der Waals surface area contributed by atoms with E-state index in [0.29, 0.717) is 18.7 Å². The van der Waals surface area contributed by atoms with Crippen LogP contribution in [0.1, 0.15) is 12.0 Å². The molecule has 5 nitrogen and oxygen atoms in total. The van der Waals surface area contributed by atoms with Crippen molar-refractivity contribution in [1.29, 1.82) is 0 Å². The van der Waals surface area contributed by atoms with Crippen molar-refractivity contribution in [2.75, 3.05) is 24.3 Å². The third-order valence-corrected chi connectivity index (χ3v) is 7.11. The Labute approximate surface area is 176 Å². The van der Waals surface area contributed by atoms with Gasteiger partial charge in [0.1, 0.15) is 6.04 Å². The highest BCUT2D eigenvalue weighted by molar-refractivity contribution is 7.99. The molecular formula is C20H26N2O3S3. The summed E-state index contributed by atoms with van der Waals surface area (Å²) < 4.78 is 27.7. The minimum Gasteiger partial charge on any atom is -0.354 e. The van der Waals surface area contributed by atoms with Crippen molar-refractivity contribution in [1.82, 2.24) is 10.0 Å². The van der Waals surface area contributed by atoms with Crippen LogP contribution in [0, 0.1) is 6.92 Å². The molecule has 0 heterocycles. The summed E-state index contributed by atoms with van der Waals surface area (Å²) in [4.78, 5) is 13.9. The molecular weight excluding hydrogens is 412 g/mol. The maximum absolute atomic E-state index is 12.6. The van der Waals surface area contributed by atoms with Gasteiger partial charge in [-0.05, 0) is 49.6 Å². The van der Waals surface area contributed by atoms with E-state index < -0.39 is 16.1 Å². The summed E-state index contributed by atoms with van der Waals surface area (Å²) in [5, 5.41) is 2.85. The zero-order valence-corrected chi connectivity index (χ0v) is 18.5. The van der Waals surface area contributed by atoms with Gasteiger partial charge in [0.2, 0.25) is 15.9 Å². The van der Waals surface area contributed by atoms with Gasteiger partial charge in [0.15, 0.2) is 0 Å². The number of rotatable bonds is 11. The third-order valence-electron chi connectivity index (χ3n) is 3.97. The molecule has 0 aliphatic heterocycles. The second kappa shape index (κ2) is 11.5. The molecule has 2 N–H and O–H groups in total. The fourth-order valence-corrected chi connectivity index (χ4v) is 4.93. The van der Waals surface area contributed by atoms with Gasteiger partial charge in [0.25, 0.3) is 0 Å². The molecule has 0 saturated heterocycles. The van der Waals surface area contributed by atoms with E-state index in [-0.39, 0.29) is 10.8 Å². The lowest BCUT2D eigenvalue weighted by atomic mass is 10.2. The zero-order valence-electron chi connectivity index (χ0n) is 16.1. The molecule has 2 rings (SSSR count). The predicted octanol–water partition coefficient (Wildman–Crippen LogP) is 3.30. The first-order chi connectivity index (χ1) is 13.4. The van der Waals surface area contributed by atoms with E-state index >= 15 is 0 Å². The van der Waals surface area contributed by atoms with Crippen LogP contribution in [0.4, 0.5) is 0 Å². The summed E-state index contributed by atoms with van der Waals surface area (Å²) in [6.07, 6.45) is 2.36. The molecule has 152 valence electrons. The van der Waals surface area contributed by atoms with Gasteiger partial charge in [0.05, 0.1) is 4.90 Å². The fourth-order valence-electron chi connectivity index (χ4n) is 2.44. The van der Waals surface area contributed by atoms with E-state index in [2.05, 4.69) is 34.3 Å². The summed E-state index contributed by atoms with van der Waals surface area (Å²) in [5.41, 5.74) is 1.21. The molecule has 0 spiro atoms. The third kappa shape index (κ3) is 7.50. The highest BCUT2D eigenvalue weighted by atomic mass is 32.2. The van der Waals surface area contributed by atoms with Crippen molar-refractivity contribution in [2.24, 2.45) is 0 Å². The van der Waals surface area contributed by atoms with Crippen LogP contribution in [0.2, 0.25) is 0 Å². The average Bonchev–Trinajstić information content (AvgIpc) is 2.70. The SMILES string of the molecule is CSCCC(NS(=O)(=O)c1ccccc1)C(=O)NCCSc1ccc(C)cc1. The molecule has 0 bridgehead atoms. The fraction of sp³-hybridized carbons (Fsp3) is 0.350. The van der Waals surface area contributed by atoms with Crippen molar-refractivity contribution < 1.29 is 13.2 Å². The lowest BCUT2D eigenvalue weighted by molar-refractivity contribution is -0.122. The van der Waals surface area contributed by atoms with E-state index in [0.717, 1.165) is 10.6 Å². The number of carbonyl (C=O) groups is 1. The van der Waals surface area contributed by atoms with Gasteiger partial charge in [-0.25, -0.2) is 8.42 Å². The molecule has 1 unspecified atom stereocenters. The van der Waals surface area contributed by atoms with Gasteiger partial charge in [-0.15, -0.1) is 11.8 Å². The highest BCUT2D eigenvalue weighted by Crippen LogP contribution is 2.17. The molecule has 2 aromatic carbocycles. The molecule has 0 saturated carbocycles. The van der Waals surface area contributed by atoms with Crippen molar-refractivity contribution in [3.8, 4) is 0 Å². The molecule has 1 atom stereocenters. The van der Waals surface area contributed by atoms with E-state index in [9.17, 15) is 13.2 Å². The molecule has 0 aromatic heterocycles. The number of sulfonamides is 1. The maximum atomic E-state index is 12.6. The summed E-state index contributed by atoms with van der Waals surface area (Å²) >= 11 is 3.23. The van der Waals surface area contributed by atoms with Crippen LogP contribution in [0.15, 0.2) is 64.4 Å². The van der Waals surface area contributed by atoms with E-state index in [4.69, 9.17) is 0 Å². The van der Waals surface area contributed by atoms with Crippen molar-refractivity contribution in [2.45, 2.75) is 29.2 Å². The number of hydrogen-bond acceptors (Lipinski definition) is 5. The Morgan fingerprint density at radius 1 is 1.04 bits per heavy atom. The quantitative estimate of drug-likeness (QED) is 0.416. The lowest BCUT2D eigenvalue weighted by Gasteiger charge is -2.18. The second-order valence-electron chi connectivity index (χ2n) is 6.22. The minimum atomic E-state index is -3.74. The second-order valence-corrected chi connectivity index (χ2v) is 10.1. The monoisotopic (exact) mass is 438 g/mol. The first kappa shape index (κ1) is 22.8. The maximum Gasteiger partial charge on any atom is 0.241 e. The Hall–Kier alpha value is -1.48.